The Morgan fingerprint density at radius 3 is 2.73 bits per heavy atom. The van der Waals surface area contributed by atoms with E-state index in [0.717, 1.165) is 44.5 Å². The standard InChI is InChI=1S/C16H22Cl2N2O2/c17-13-3-2-12(15(18)11-13)10-16(22)19-6-1-7-20-8-4-14(21)5-9-20/h2-3,11,14,21H,1,4-10H2,(H,19,22). The molecule has 1 aliphatic rings. The van der Waals surface area contributed by atoms with Gasteiger partial charge in [-0.15, -0.1) is 0 Å². The predicted molar refractivity (Wildman–Crippen MR) is 89.5 cm³/mol. The van der Waals surface area contributed by atoms with Gasteiger partial charge in [0.1, 0.15) is 0 Å². The van der Waals surface area contributed by atoms with Crippen LogP contribution in [0, 0.1) is 0 Å². The Morgan fingerprint density at radius 1 is 1.32 bits per heavy atom. The fraction of sp³-hybridized carbons (Fsp3) is 0.562. The third-order valence-corrected chi connectivity index (χ3v) is 4.48. The number of carbonyl (C=O) groups excluding carboxylic acids is 1. The van der Waals surface area contributed by atoms with Crippen molar-refractivity contribution in [3.63, 3.8) is 0 Å². The summed E-state index contributed by atoms with van der Waals surface area (Å²) in [5.74, 6) is -0.0294. The highest BCUT2D eigenvalue weighted by Gasteiger charge is 2.16. The summed E-state index contributed by atoms with van der Waals surface area (Å²) in [6, 6.07) is 5.17. The molecule has 1 saturated heterocycles. The van der Waals surface area contributed by atoms with Gasteiger partial charge < -0.3 is 15.3 Å². The summed E-state index contributed by atoms with van der Waals surface area (Å²) < 4.78 is 0. The molecule has 0 bridgehead atoms. The second-order valence-corrected chi connectivity index (χ2v) is 6.53. The van der Waals surface area contributed by atoms with Crippen LogP contribution < -0.4 is 5.32 Å². The molecule has 0 atom stereocenters. The van der Waals surface area contributed by atoms with Crippen LogP contribution in [0.15, 0.2) is 18.2 Å². The Balaban J connectivity index is 1.63. The van der Waals surface area contributed by atoms with Gasteiger partial charge in [0, 0.05) is 29.7 Å². The van der Waals surface area contributed by atoms with E-state index in [2.05, 4.69) is 10.2 Å². The second-order valence-electron chi connectivity index (χ2n) is 5.69. The fourth-order valence-corrected chi connectivity index (χ4v) is 3.05. The van der Waals surface area contributed by atoms with Crippen LogP contribution in [0.2, 0.25) is 10.0 Å². The van der Waals surface area contributed by atoms with Crippen molar-refractivity contribution in [3.05, 3.63) is 33.8 Å². The van der Waals surface area contributed by atoms with E-state index < -0.39 is 0 Å². The molecule has 0 radical (unpaired) electrons. The van der Waals surface area contributed by atoms with Gasteiger partial charge in [0.25, 0.3) is 0 Å². The number of hydrogen-bond acceptors (Lipinski definition) is 3. The minimum absolute atomic E-state index is 0.0294. The van der Waals surface area contributed by atoms with Gasteiger partial charge >= 0.3 is 0 Å². The van der Waals surface area contributed by atoms with Crippen molar-refractivity contribution < 1.29 is 9.90 Å². The molecule has 0 spiro atoms. The largest absolute Gasteiger partial charge is 0.393 e. The van der Waals surface area contributed by atoms with Crippen molar-refractivity contribution in [2.75, 3.05) is 26.2 Å². The normalized spacial score (nSPS) is 16.7. The van der Waals surface area contributed by atoms with Crippen LogP contribution in [0.4, 0.5) is 0 Å². The maximum atomic E-state index is 11.9. The summed E-state index contributed by atoms with van der Waals surface area (Å²) in [7, 11) is 0. The van der Waals surface area contributed by atoms with Crippen LogP contribution in [0.3, 0.4) is 0 Å². The van der Waals surface area contributed by atoms with E-state index in [1.807, 2.05) is 0 Å². The minimum Gasteiger partial charge on any atom is -0.393 e. The Kier molecular flexibility index (Phi) is 6.96. The van der Waals surface area contributed by atoms with E-state index in [1.165, 1.54) is 0 Å². The van der Waals surface area contributed by atoms with Gasteiger partial charge in [0.15, 0.2) is 0 Å². The summed E-state index contributed by atoms with van der Waals surface area (Å²) in [5, 5.41) is 13.5. The monoisotopic (exact) mass is 344 g/mol. The number of benzene rings is 1. The number of nitrogens with zero attached hydrogens (tertiary/aromatic N) is 1. The Bertz CT molecular complexity index is 503. The molecule has 2 rings (SSSR count). The quantitative estimate of drug-likeness (QED) is 0.779. The molecule has 0 saturated carbocycles. The lowest BCUT2D eigenvalue weighted by atomic mass is 10.1. The van der Waals surface area contributed by atoms with Gasteiger partial charge in [-0.3, -0.25) is 4.79 Å². The molecule has 0 aromatic heterocycles. The first-order valence-electron chi connectivity index (χ1n) is 7.65. The molecule has 122 valence electrons. The molecule has 1 aromatic carbocycles. The first kappa shape index (κ1) is 17.5. The zero-order chi connectivity index (χ0) is 15.9. The summed E-state index contributed by atoms with van der Waals surface area (Å²) in [5.41, 5.74) is 0.786. The number of halogens is 2. The number of rotatable bonds is 6. The van der Waals surface area contributed by atoms with Crippen LogP contribution in [-0.4, -0.2) is 48.2 Å². The van der Waals surface area contributed by atoms with E-state index >= 15 is 0 Å². The second kappa shape index (κ2) is 8.73. The summed E-state index contributed by atoms with van der Waals surface area (Å²) in [4.78, 5) is 14.2. The number of hydrogen-bond donors (Lipinski definition) is 2. The van der Waals surface area contributed by atoms with Crippen molar-refractivity contribution in [1.29, 1.82) is 0 Å². The molecule has 6 heteroatoms. The molecule has 0 aliphatic carbocycles. The predicted octanol–water partition coefficient (Wildman–Crippen LogP) is 2.50. The first-order valence-corrected chi connectivity index (χ1v) is 8.41. The molecule has 0 unspecified atom stereocenters. The van der Waals surface area contributed by atoms with Crippen LogP contribution in [0.25, 0.3) is 0 Å². The number of aliphatic hydroxyl groups is 1. The maximum absolute atomic E-state index is 11.9. The third kappa shape index (κ3) is 5.76. The Morgan fingerprint density at radius 2 is 2.05 bits per heavy atom. The smallest absolute Gasteiger partial charge is 0.224 e. The van der Waals surface area contributed by atoms with Gasteiger partial charge in [-0.1, -0.05) is 29.3 Å². The van der Waals surface area contributed by atoms with Gasteiger partial charge in [-0.05, 0) is 43.5 Å². The lowest BCUT2D eigenvalue weighted by Gasteiger charge is -2.29. The number of aliphatic hydroxyl groups excluding tert-OH is 1. The van der Waals surface area contributed by atoms with Crippen LogP contribution in [0.5, 0.6) is 0 Å². The average molecular weight is 345 g/mol. The van der Waals surface area contributed by atoms with E-state index in [9.17, 15) is 9.90 Å². The molecular weight excluding hydrogens is 323 g/mol. The number of amides is 1. The zero-order valence-corrected chi connectivity index (χ0v) is 14.0. The molecular formula is C16H22Cl2N2O2. The highest BCUT2D eigenvalue weighted by atomic mass is 35.5. The summed E-state index contributed by atoms with van der Waals surface area (Å²) >= 11 is 11.9. The van der Waals surface area contributed by atoms with E-state index in [0.29, 0.717) is 16.6 Å². The van der Waals surface area contributed by atoms with Gasteiger partial charge in [-0.2, -0.15) is 0 Å². The number of carbonyl (C=O) groups is 1. The Labute approximate surface area is 141 Å². The van der Waals surface area contributed by atoms with Gasteiger partial charge in [0.05, 0.1) is 12.5 Å². The van der Waals surface area contributed by atoms with Gasteiger partial charge in [0.2, 0.25) is 5.91 Å². The topological polar surface area (TPSA) is 52.6 Å². The van der Waals surface area contributed by atoms with E-state index in [1.54, 1.807) is 18.2 Å². The number of likely N-dealkylation sites (tertiary alicyclic amines) is 1. The van der Waals surface area contributed by atoms with Crippen LogP contribution in [-0.2, 0) is 11.2 Å². The number of piperidine rings is 1. The lowest BCUT2D eigenvalue weighted by molar-refractivity contribution is -0.120. The van der Waals surface area contributed by atoms with Crippen molar-refractivity contribution in [1.82, 2.24) is 10.2 Å². The molecule has 2 N–H and O–H groups in total. The highest BCUT2D eigenvalue weighted by molar-refractivity contribution is 6.35. The molecule has 1 amide bonds. The Hall–Kier alpha value is -0.810. The van der Waals surface area contributed by atoms with Crippen molar-refractivity contribution in [2.24, 2.45) is 0 Å². The van der Waals surface area contributed by atoms with Crippen molar-refractivity contribution >= 4 is 29.1 Å². The molecule has 1 heterocycles. The van der Waals surface area contributed by atoms with Crippen LogP contribution in [0.1, 0.15) is 24.8 Å². The van der Waals surface area contributed by atoms with E-state index in [4.69, 9.17) is 23.2 Å². The SMILES string of the molecule is O=C(Cc1ccc(Cl)cc1Cl)NCCCN1CCC(O)CC1. The summed E-state index contributed by atoms with van der Waals surface area (Å²) in [6.45, 7) is 3.49. The molecule has 22 heavy (non-hydrogen) atoms. The molecule has 4 nitrogen and oxygen atoms in total. The van der Waals surface area contributed by atoms with Crippen LogP contribution >= 0.6 is 23.2 Å². The first-order chi connectivity index (χ1) is 10.5. The molecule has 1 aromatic rings. The average Bonchev–Trinajstić information content (AvgIpc) is 2.48. The molecule has 1 fully saturated rings. The highest BCUT2D eigenvalue weighted by Crippen LogP contribution is 2.21. The molecule has 1 aliphatic heterocycles. The summed E-state index contributed by atoms with van der Waals surface area (Å²) in [6.07, 6.45) is 2.74. The third-order valence-electron chi connectivity index (χ3n) is 3.90. The van der Waals surface area contributed by atoms with Crippen molar-refractivity contribution in [2.45, 2.75) is 31.8 Å². The minimum atomic E-state index is -0.139. The fourth-order valence-electron chi connectivity index (χ4n) is 2.57. The number of nitrogens with one attached hydrogen (secondary N) is 1. The van der Waals surface area contributed by atoms with Crippen molar-refractivity contribution in [3.8, 4) is 0 Å². The zero-order valence-electron chi connectivity index (χ0n) is 12.5. The van der Waals surface area contributed by atoms with Gasteiger partial charge in [-0.25, -0.2) is 0 Å². The lowest BCUT2D eigenvalue weighted by Crippen LogP contribution is -2.37. The maximum Gasteiger partial charge on any atom is 0.224 e. The van der Waals surface area contributed by atoms with E-state index in [-0.39, 0.29) is 18.4 Å².